The molecular weight excluding hydrogens is 331 g/mol. The molecule has 134 valence electrons. The Kier molecular flexibility index (Phi) is 4.91. The molecule has 0 saturated heterocycles. The summed E-state index contributed by atoms with van der Waals surface area (Å²) in [5.74, 6) is 0. The third-order valence-corrected chi connectivity index (χ3v) is 5.02. The minimum Gasteiger partial charge on any atom is -0.391 e. The van der Waals surface area contributed by atoms with Crippen molar-refractivity contribution in [1.82, 2.24) is 4.57 Å². The van der Waals surface area contributed by atoms with Crippen molar-refractivity contribution in [3.8, 4) is 0 Å². The van der Waals surface area contributed by atoms with Crippen LogP contribution in [0.25, 0.3) is 21.8 Å². The predicted octanol–water partition coefficient (Wildman–Crippen LogP) is 3.76. The number of benzene rings is 3. The van der Waals surface area contributed by atoms with Crippen molar-refractivity contribution in [2.45, 2.75) is 26.0 Å². The summed E-state index contributed by atoms with van der Waals surface area (Å²) >= 11 is 0. The topological polar surface area (TPSA) is 37.2 Å². The maximum Gasteiger partial charge on any atom is 0.113 e. The highest BCUT2D eigenvalue weighted by Crippen LogP contribution is 2.29. The van der Waals surface area contributed by atoms with E-state index in [1.807, 2.05) is 42.5 Å². The number of aryl methyl sites for hydroxylation is 1. The standard InChI is InChI=1S/C23H23BN2O/c1-16-7-9-22-20(13-16)21-14-17(24)8-10-23(21)26(22)15-19(27)11-12-25-18-5-3-2-4-6-18/h2-10,13-14,19,25,27H,11-12,15H2,1H3. The van der Waals surface area contributed by atoms with Crippen molar-refractivity contribution in [3.63, 3.8) is 0 Å². The number of aliphatic hydroxyl groups excluding tert-OH is 1. The van der Waals surface area contributed by atoms with Crippen LogP contribution in [0.15, 0.2) is 66.7 Å². The van der Waals surface area contributed by atoms with Crippen LogP contribution in [-0.4, -0.2) is 30.2 Å². The maximum atomic E-state index is 10.6. The molecule has 4 aromatic rings. The summed E-state index contributed by atoms with van der Waals surface area (Å²) in [5, 5.41) is 16.3. The van der Waals surface area contributed by atoms with E-state index in [2.05, 4.69) is 41.1 Å². The van der Waals surface area contributed by atoms with Crippen LogP contribution in [0.1, 0.15) is 12.0 Å². The summed E-state index contributed by atoms with van der Waals surface area (Å²) in [4.78, 5) is 0. The average molecular weight is 354 g/mol. The van der Waals surface area contributed by atoms with Crippen LogP contribution < -0.4 is 10.8 Å². The number of fused-ring (bicyclic) bond motifs is 3. The number of aromatic nitrogens is 1. The van der Waals surface area contributed by atoms with E-state index in [-0.39, 0.29) is 0 Å². The summed E-state index contributed by atoms with van der Waals surface area (Å²) in [6.07, 6.45) is 0.246. The van der Waals surface area contributed by atoms with Gasteiger partial charge in [0.1, 0.15) is 7.85 Å². The maximum absolute atomic E-state index is 10.6. The lowest BCUT2D eigenvalue weighted by molar-refractivity contribution is 0.151. The molecule has 0 bridgehead atoms. The molecule has 0 aliphatic rings. The Morgan fingerprint density at radius 3 is 2.44 bits per heavy atom. The quantitative estimate of drug-likeness (QED) is 0.518. The molecule has 4 rings (SSSR count). The molecule has 0 amide bonds. The highest BCUT2D eigenvalue weighted by atomic mass is 16.3. The number of aliphatic hydroxyl groups is 1. The zero-order chi connectivity index (χ0) is 18.8. The third kappa shape index (κ3) is 3.72. The van der Waals surface area contributed by atoms with Gasteiger partial charge in [0.2, 0.25) is 0 Å². The molecule has 2 N–H and O–H groups in total. The second-order valence-electron chi connectivity index (χ2n) is 7.14. The van der Waals surface area contributed by atoms with Gasteiger partial charge in [0, 0.05) is 40.6 Å². The zero-order valence-electron chi connectivity index (χ0n) is 15.5. The van der Waals surface area contributed by atoms with Crippen LogP contribution in [-0.2, 0) is 6.54 Å². The lowest BCUT2D eigenvalue weighted by Gasteiger charge is -2.15. The van der Waals surface area contributed by atoms with Crippen molar-refractivity contribution in [3.05, 3.63) is 72.3 Å². The first-order valence-electron chi connectivity index (χ1n) is 9.37. The Morgan fingerprint density at radius 1 is 0.963 bits per heavy atom. The fourth-order valence-corrected chi connectivity index (χ4v) is 3.67. The van der Waals surface area contributed by atoms with Gasteiger partial charge in [-0.1, -0.05) is 47.4 Å². The molecule has 3 aromatic carbocycles. The Balaban J connectivity index is 1.57. The molecule has 0 fully saturated rings. The van der Waals surface area contributed by atoms with Gasteiger partial charge in [0.25, 0.3) is 0 Å². The summed E-state index contributed by atoms with van der Waals surface area (Å²) in [7, 11) is 6.02. The minimum absolute atomic E-state index is 0.432. The molecule has 0 aliphatic heterocycles. The first-order chi connectivity index (χ1) is 13.1. The smallest absolute Gasteiger partial charge is 0.113 e. The Labute approximate surface area is 161 Å². The summed E-state index contributed by atoms with van der Waals surface area (Å²) in [5.41, 5.74) is 5.30. The molecule has 0 aliphatic carbocycles. The van der Waals surface area contributed by atoms with Gasteiger partial charge in [0.05, 0.1) is 6.10 Å². The van der Waals surface area contributed by atoms with E-state index >= 15 is 0 Å². The molecule has 2 radical (unpaired) electrons. The van der Waals surface area contributed by atoms with E-state index in [0.717, 1.165) is 34.1 Å². The summed E-state index contributed by atoms with van der Waals surface area (Å²) in [6.45, 7) is 3.39. The molecule has 0 spiro atoms. The normalized spacial score (nSPS) is 12.5. The lowest BCUT2D eigenvalue weighted by atomic mass is 9.94. The molecule has 1 atom stereocenters. The lowest BCUT2D eigenvalue weighted by Crippen LogP contribution is -2.19. The molecule has 27 heavy (non-hydrogen) atoms. The first-order valence-corrected chi connectivity index (χ1v) is 9.37. The van der Waals surface area contributed by atoms with E-state index in [1.54, 1.807) is 0 Å². The molecule has 3 nitrogen and oxygen atoms in total. The summed E-state index contributed by atoms with van der Waals surface area (Å²) < 4.78 is 2.21. The van der Waals surface area contributed by atoms with Crippen molar-refractivity contribution in [1.29, 1.82) is 0 Å². The third-order valence-electron chi connectivity index (χ3n) is 5.02. The van der Waals surface area contributed by atoms with Gasteiger partial charge >= 0.3 is 0 Å². The number of nitrogens with zero attached hydrogens (tertiary/aromatic N) is 1. The van der Waals surface area contributed by atoms with Gasteiger partial charge in [-0.2, -0.15) is 0 Å². The van der Waals surface area contributed by atoms with Gasteiger partial charge < -0.3 is 15.0 Å². The Bertz CT molecular complexity index is 1010. The van der Waals surface area contributed by atoms with E-state index < -0.39 is 6.10 Å². The van der Waals surface area contributed by atoms with Crippen LogP contribution in [0.2, 0.25) is 0 Å². The van der Waals surface area contributed by atoms with Gasteiger partial charge in [0.15, 0.2) is 0 Å². The second-order valence-corrected chi connectivity index (χ2v) is 7.14. The monoisotopic (exact) mass is 354 g/mol. The fraction of sp³-hybridized carbons (Fsp3) is 0.217. The Morgan fingerprint density at radius 2 is 1.67 bits per heavy atom. The van der Waals surface area contributed by atoms with E-state index in [4.69, 9.17) is 7.85 Å². The largest absolute Gasteiger partial charge is 0.391 e. The fourth-order valence-electron chi connectivity index (χ4n) is 3.67. The molecular formula is C23H23BN2O. The SMILES string of the molecule is [B]c1ccc2c(c1)c1cc(C)ccc1n2CC(O)CCNc1ccccc1. The van der Waals surface area contributed by atoms with Crippen LogP contribution in [0.5, 0.6) is 0 Å². The number of anilines is 1. The zero-order valence-corrected chi connectivity index (χ0v) is 15.5. The average Bonchev–Trinajstić information content (AvgIpc) is 2.95. The number of hydrogen-bond donors (Lipinski definition) is 2. The minimum atomic E-state index is -0.432. The van der Waals surface area contributed by atoms with E-state index in [1.165, 1.54) is 10.9 Å². The molecule has 1 unspecified atom stereocenters. The van der Waals surface area contributed by atoms with Crippen LogP contribution in [0, 0.1) is 6.92 Å². The van der Waals surface area contributed by atoms with Crippen molar-refractivity contribution in [2.75, 3.05) is 11.9 Å². The number of para-hydroxylation sites is 1. The molecule has 1 aromatic heterocycles. The molecule has 0 saturated carbocycles. The highest BCUT2D eigenvalue weighted by Gasteiger charge is 2.14. The van der Waals surface area contributed by atoms with Crippen LogP contribution in [0.4, 0.5) is 5.69 Å². The van der Waals surface area contributed by atoms with Crippen molar-refractivity contribution in [2.24, 2.45) is 0 Å². The van der Waals surface area contributed by atoms with Crippen molar-refractivity contribution < 1.29 is 5.11 Å². The second kappa shape index (κ2) is 7.49. The van der Waals surface area contributed by atoms with Gasteiger partial charge in [-0.15, -0.1) is 0 Å². The van der Waals surface area contributed by atoms with Crippen LogP contribution >= 0.6 is 0 Å². The van der Waals surface area contributed by atoms with E-state index in [9.17, 15) is 5.11 Å². The highest BCUT2D eigenvalue weighted by molar-refractivity contribution is 6.33. The van der Waals surface area contributed by atoms with Gasteiger partial charge in [-0.05, 0) is 43.7 Å². The predicted molar refractivity (Wildman–Crippen MR) is 115 cm³/mol. The number of rotatable bonds is 6. The molecule has 4 heteroatoms. The number of hydrogen-bond acceptors (Lipinski definition) is 2. The molecule has 1 heterocycles. The van der Waals surface area contributed by atoms with Crippen LogP contribution in [0.3, 0.4) is 0 Å². The summed E-state index contributed by atoms with van der Waals surface area (Å²) in [6, 6.07) is 22.5. The van der Waals surface area contributed by atoms with Crippen molar-refractivity contribution >= 4 is 40.8 Å². The van der Waals surface area contributed by atoms with E-state index in [0.29, 0.717) is 13.0 Å². The Hall–Kier alpha value is -2.72. The number of nitrogens with one attached hydrogen (secondary N) is 1. The first kappa shape index (κ1) is 17.7. The van der Waals surface area contributed by atoms with Gasteiger partial charge in [-0.3, -0.25) is 0 Å². The van der Waals surface area contributed by atoms with Gasteiger partial charge in [-0.25, -0.2) is 0 Å².